The number of rotatable bonds is 9. The molecule has 6 nitrogen and oxygen atoms in total. The van der Waals surface area contributed by atoms with E-state index in [2.05, 4.69) is 34.8 Å². The van der Waals surface area contributed by atoms with Crippen LogP contribution in [-0.2, 0) is 32.0 Å². The van der Waals surface area contributed by atoms with Crippen molar-refractivity contribution in [3.63, 3.8) is 0 Å². The molecular weight excluding hydrogens is 480 g/mol. The zero-order chi connectivity index (χ0) is 24.9. The molecule has 4 rings (SSSR count). The number of H-pyrrole nitrogens is 1. The summed E-state index contributed by atoms with van der Waals surface area (Å²) in [5.41, 5.74) is 4.33. The van der Waals surface area contributed by atoms with Crippen LogP contribution in [0.15, 0.2) is 53.6 Å². The Hall–Kier alpha value is -2.71. The minimum Gasteiger partial charge on any atom is -0.467 e. The van der Waals surface area contributed by atoms with Crippen LogP contribution in [-0.4, -0.2) is 47.1 Å². The number of fused-ring (bicyclic) bond motifs is 2. The lowest BCUT2D eigenvalue weighted by molar-refractivity contribution is -0.145. The maximum absolute atomic E-state index is 13.6. The third kappa shape index (κ3) is 5.76. The average molecular weight is 511 g/mol. The SMILES string of the molecule is COC(=O)C(Cc1c[nH]c2ccccc12)NC(=O)C(CSC(C)=O)C1CCc2cc(SC)ccc21. The first-order chi connectivity index (χ1) is 16.9. The lowest BCUT2D eigenvalue weighted by Gasteiger charge is -2.26. The number of aromatic nitrogens is 1. The van der Waals surface area contributed by atoms with Crippen LogP contribution in [0.2, 0.25) is 0 Å². The average Bonchev–Trinajstić information content (AvgIpc) is 3.47. The number of benzene rings is 2. The van der Waals surface area contributed by atoms with Crippen molar-refractivity contribution in [2.45, 2.75) is 43.0 Å². The molecule has 2 aromatic carbocycles. The van der Waals surface area contributed by atoms with Crippen molar-refractivity contribution >= 4 is 51.4 Å². The Balaban J connectivity index is 1.58. The molecule has 1 heterocycles. The van der Waals surface area contributed by atoms with Gasteiger partial charge in [-0.2, -0.15) is 0 Å². The van der Waals surface area contributed by atoms with E-state index >= 15 is 0 Å². The van der Waals surface area contributed by atoms with Gasteiger partial charge in [-0.1, -0.05) is 36.0 Å². The number of ether oxygens (including phenoxy) is 1. The Morgan fingerprint density at radius 1 is 1.20 bits per heavy atom. The van der Waals surface area contributed by atoms with Crippen LogP contribution in [0, 0.1) is 5.92 Å². The van der Waals surface area contributed by atoms with Gasteiger partial charge in [0, 0.05) is 41.1 Å². The van der Waals surface area contributed by atoms with Crippen molar-refractivity contribution in [1.29, 1.82) is 0 Å². The highest BCUT2D eigenvalue weighted by molar-refractivity contribution is 8.13. The summed E-state index contributed by atoms with van der Waals surface area (Å²) in [4.78, 5) is 42.5. The van der Waals surface area contributed by atoms with E-state index in [1.165, 1.54) is 30.1 Å². The molecule has 35 heavy (non-hydrogen) atoms. The lowest BCUT2D eigenvalue weighted by Crippen LogP contribution is -2.47. The zero-order valence-corrected chi connectivity index (χ0v) is 21.8. The molecule has 184 valence electrons. The molecule has 1 amide bonds. The molecule has 0 fully saturated rings. The van der Waals surface area contributed by atoms with Gasteiger partial charge >= 0.3 is 5.97 Å². The molecule has 0 radical (unpaired) electrons. The van der Waals surface area contributed by atoms with E-state index in [0.717, 1.165) is 41.1 Å². The lowest BCUT2D eigenvalue weighted by atomic mass is 9.87. The van der Waals surface area contributed by atoms with Gasteiger partial charge in [-0.3, -0.25) is 9.59 Å². The fourth-order valence-corrected chi connectivity index (χ4v) is 6.15. The highest BCUT2D eigenvalue weighted by Crippen LogP contribution is 2.41. The van der Waals surface area contributed by atoms with Gasteiger partial charge in [0.1, 0.15) is 6.04 Å². The van der Waals surface area contributed by atoms with Crippen LogP contribution >= 0.6 is 23.5 Å². The smallest absolute Gasteiger partial charge is 0.328 e. The van der Waals surface area contributed by atoms with E-state index in [4.69, 9.17) is 4.74 Å². The van der Waals surface area contributed by atoms with Gasteiger partial charge < -0.3 is 15.0 Å². The Morgan fingerprint density at radius 3 is 2.74 bits per heavy atom. The second-order valence-electron chi connectivity index (χ2n) is 8.77. The van der Waals surface area contributed by atoms with E-state index < -0.39 is 17.9 Å². The third-order valence-electron chi connectivity index (χ3n) is 6.66. The second kappa shape index (κ2) is 11.4. The second-order valence-corrected chi connectivity index (χ2v) is 10.8. The highest BCUT2D eigenvalue weighted by Gasteiger charge is 2.36. The maximum atomic E-state index is 13.6. The molecule has 1 aliphatic carbocycles. The van der Waals surface area contributed by atoms with Gasteiger partial charge in [0.05, 0.1) is 13.0 Å². The number of carbonyl (C=O) groups is 3. The molecule has 0 saturated carbocycles. The fourth-order valence-electron chi connectivity index (χ4n) is 4.89. The molecular formula is C27H30N2O4S2. The van der Waals surface area contributed by atoms with Gasteiger partial charge in [-0.05, 0) is 59.9 Å². The summed E-state index contributed by atoms with van der Waals surface area (Å²) in [7, 11) is 1.33. The van der Waals surface area contributed by atoms with E-state index in [9.17, 15) is 14.4 Å². The van der Waals surface area contributed by atoms with Crippen LogP contribution in [0.25, 0.3) is 10.9 Å². The standard InChI is InChI=1S/C27H30N2O4S2/c1-16(30)35-15-23(22-10-8-17-12-19(34-3)9-11-20(17)22)26(31)29-25(27(32)33-2)13-18-14-28-24-7-5-4-6-21(18)24/h4-7,9,11-12,14,22-23,25,28H,8,10,13,15H2,1-3H3,(H,29,31). The van der Waals surface area contributed by atoms with E-state index in [1.807, 2.05) is 30.5 Å². The maximum Gasteiger partial charge on any atom is 0.328 e. The quantitative estimate of drug-likeness (QED) is 0.320. The fraction of sp³-hybridized carbons (Fsp3) is 0.370. The topological polar surface area (TPSA) is 88.3 Å². The van der Waals surface area contributed by atoms with Crippen molar-refractivity contribution in [1.82, 2.24) is 10.3 Å². The highest BCUT2D eigenvalue weighted by atomic mass is 32.2. The first kappa shape index (κ1) is 25.4. The summed E-state index contributed by atoms with van der Waals surface area (Å²) in [5, 5.41) is 3.95. The molecule has 3 unspecified atom stereocenters. The molecule has 3 atom stereocenters. The number of hydrogen-bond donors (Lipinski definition) is 2. The summed E-state index contributed by atoms with van der Waals surface area (Å²) in [6, 6.07) is 13.4. The number of thioether (sulfide) groups is 2. The molecule has 1 aromatic heterocycles. The normalized spacial score (nSPS) is 16.5. The number of esters is 1. The minimum absolute atomic E-state index is 0.000795. The van der Waals surface area contributed by atoms with Crippen molar-refractivity contribution in [3.8, 4) is 0 Å². The molecule has 8 heteroatoms. The van der Waals surface area contributed by atoms with Crippen LogP contribution in [0.3, 0.4) is 0 Å². The number of amides is 1. The Bertz CT molecular complexity index is 1240. The van der Waals surface area contributed by atoms with Gasteiger partial charge in [0.25, 0.3) is 0 Å². The molecule has 0 saturated heterocycles. The van der Waals surface area contributed by atoms with E-state index in [-0.39, 0.29) is 16.9 Å². The van der Waals surface area contributed by atoms with Crippen LogP contribution < -0.4 is 5.32 Å². The minimum atomic E-state index is -0.823. The van der Waals surface area contributed by atoms with Gasteiger partial charge in [-0.15, -0.1) is 11.8 Å². The predicted molar refractivity (Wildman–Crippen MR) is 142 cm³/mol. The largest absolute Gasteiger partial charge is 0.467 e. The summed E-state index contributed by atoms with van der Waals surface area (Å²) < 4.78 is 5.03. The zero-order valence-electron chi connectivity index (χ0n) is 20.1. The number of hydrogen-bond acceptors (Lipinski definition) is 6. The van der Waals surface area contributed by atoms with Crippen LogP contribution in [0.1, 0.15) is 36.0 Å². The van der Waals surface area contributed by atoms with Crippen molar-refractivity contribution in [3.05, 3.63) is 65.4 Å². The Kier molecular flexibility index (Phi) is 8.23. The molecule has 0 aliphatic heterocycles. The summed E-state index contributed by atoms with van der Waals surface area (Å²) >= 11 is 2.86. The summed E-state index contributed by atoms with van der Waals surface area (Å²) in [5.74, 6) is -0.769. The summed E-state index contributed by atoms with van der Waals surface area (Å²) in [6.45, 7) is 1.52. The third-order valence-corrected chi connectivity index (χ3v) is 8.32. The summed E-state index contributed by atoms with van der Waals surface area (Å²) in [6.07, 6.45) is 5.97. The predicted octanol–water partition coefficient (Wildman–Crippen LogP) is 4.72. The first-order valence-electron chi connectivity index (χ1n) is 11.6. The number of nitrogens with one attached hydrogen (secondary N) is 2. The molecule has 0 bridgehead atoms. The van der Waals surface area contributed by atoms with E-state index in [0.29, 0.717) is 12.2 Å². The van der Waals surface area contributed by atoms with Gasteiger partial charge in [-0.25, -0.2) is 4.79 Å². The molecule has 0 spiro atoms. The molecule has 2 N–H and O–H groups in total. The number of para-hydroxylation sites is 1. The van der Waals surface area contributed by atoms with Crippen molar-refractivity contribution in [2.24, 2.45) is 5.92 Å². The Morgan fingerprint density at radius 2 is 2.00 bits per heavy atom. The van der Waals surface area contributed by atoms with Gasteiger partial charge in [0.2, 0.25) is 5.91 Å². The number of carbonyl (C=O) groups excluding carboxylic acids is 3. The Labute approximate surface area is 214 Å². The number of aromatic amines is 1. The van der Waals surface area contributed by atoms with Gasteiger partial charge in [0.15, 0.2) is 5.12 Å². The molecule has 1 aliphatic rings. The molecule has 3 aromatic rings. The van der Waals surface area contributed by atoms with Crippen molar-refractivity contribution < 1.29 is 19.1 Å². The van der Waals surface area contributed by atoms with Crippen molar-refractivity contribution in [2.75, 3.05) is 19.1 Å². The number of aryl methyl sites for hydroxylation is 1. The van der Waals surface area contributed by atoms with E-state index in [1.54, 1.807) is 11.8 Å². The first-order valence-corrected chi connectivity index (χ1v) is 13.9. The number of methoxy groups -OCH3 is 1. The van der Waals surface area contributed by atoms with Crippen LogP contribution in [0.4, 0.5) is 0 Å². The monoisotopic (exact) mass is 510 g/mol. The van der Waals surface area contributed by atoms with Crippen LogP contribution in [0.5, 0.6) is 0 Å².